The van der Waals surface area contributed by atoms with E-state index in [-0.39, 0.29) is 5.97 Å². The molecule has 0 saturated carbocycles. The molecule has 0 aliphatic rings. The third-order valence-electron chi connectivity index (χ3n) is 3.12. The number of nitrogens with zero attached hydrogens (tertiary/aromatic N) is 2. The third-order valence-corrected chi connectivity index (χ3v) is 3.12. The first kappa shape index (κ1) is 13.5. The molecule has 0 bridgehead atoms. The Hall–Kier alpha value is -1.88. The molecule has 0 amide bonds. The maximum Gasteiger partial charge on any atom is 0.306 e. The number of benzene rings is 1. The predicted molar refractivity (Wildman–Crippen MR) is 73.7 cm³/mol. The summed E-state index contributed by atoms with van der Waals surface area (Å²) in [5.74, 6) is 0.746. The number of H-pyrrole nitrogens is 1. The molecule has 1 aromatic heterocycles. The minimum atomic E-state index is -0.178. The minimum absolute atomic E-state index is 0.178. The second-order valence-corrected chi connectivity index (χ2v) is 4.40. The van der Waals surface area contributed by atoms with Gasteiger partial charge in [0.2, 0.25) is 0 Å². The Labute approximate surface area is 112 Å². The number of carbonyl (C=O) groups is 1. The van der Waals surface area contributed by atoms with Crippen molar-refractivity contribution in [1.82, 2.24) is 14.9 Å². The summed E-state index contributed by atoms with van der Waals surface area (Å²) in [6.07, 6.45) is 0.407. The lowest BCUT2D eigenvalue weighted by atomic mass is 10.3. The average Bonchev–Trinajstić information content (AvgIpc) is 2.85. The van der Waals surface area contributed by atoms with Gasteiger partial charge in [0.05, 0.1) is 31.1 Å². The maximum atomic E-state index is 11.2. The van der Waals surface area contributed by atoms with Gasteiger partial charge < -0.3 is 9.72 Å². The number of hydrogen-bond acceptors (Lipinski definition) is 4. The zero-order valence-electron chi connectivity index (χ0n) is 11.3. The van der Waals surface area contributed by atoms with Crippen LogP contribution in [0.3, 0.4) is 0 Å². The highest BCUT2D eigenvalue weighted by Gasteiger charge is 2.10. The highest BCUT2D eigenvalue weighted by molar-refractivity contribution is 5.74. The van der Waals surface area contributed by atoms with Gasteiger partial charge in [-0.05, 0) is 18.7 Å². The summed E-state index contributed by atoms with van der Waals surface area (Å²) in [5.41, 5.74) is 2.02. The van der Waals surface area contributed by atoms with Gasteiger partial charge in [-0.2, -0.15) is 0 Å². The summed E-state index contributed by atoms with van der Waals surface area (Å²) in [6, 6.07) is 7.96. The third kappa shape index (κ3) is 3.54. The molecule has 19 heavy (non-hydrogen) atoms. The summed E-state index contributed by atoms with van der Waals surface area (Å²) in [6.45, 7) is 4.33. The molecule has 5 nitrogen and oxygen atoms in total. The molecule has 0 atom stereocenters. The highest BCUT2D eigenvalue weighted by Crippen LogP contribution is 2.11. The van der Waals surface area contributed by atoms with Gasteiger partial charge >= 0.3 is 5.97 Å². The smallest absolute Gasteiger partial charge is 0.306 e. The lowest BCUT2D eigenvalue weighted by Crippen LogP contribution is -2.26. The summed E-state index contributed by atoms with van der Waals surface area (Å²) in [4.78, 5) is 21.1. The number of carbonyl (C=O) groups excluding carboxylic acids is 1. The molecule has 0 saturated heterocycles. The van der Waals surface area contributed by atoms with Gasteiger partial charge in [-0.1, -0.05) is 19.1 Å². The molecule has 2 rings (SSSR count). The number of fused-ring (bicyclic) bond motifs is 1. The van der Waals surface area contributed by atoms with E-state index in [2.05, 4.69) is 26.5 Å². The quantitative estimate of drug-likeness (QED) is 0.807. The van der Waals surface area contributed by atoms with Gasteiger partial charge in [0.25, 0.3) is 0 Å². The fourth-order valence-electron chi connectivity index (χ4n) is 1.99. The number of aromatic nitrogens is 2. The van der Waals surface area contributed by atoms with Crippen LogP contribution in [-0.4, -0.2) is 41.0 Å². The molecule has 0 fully saturated rings. The van der Waals surface area contributed by atoms with Crippen LogP contribution < -0.4 is 0 Å². The van der Waals surface area contributed by atoms with Gasteiger partial charge in [0, 0.05) is 6.54 Å². The molecule has 102 valence electrons. The van der Waals surface area contributed by atoms with Crippen LogP contribution in [0.1, 0.15) is 19.2 Å². The molecule has 1 N–H and O–H groups in total. The molecule has 1 heterocycles. The van der Waals surface area contributed by atoms with Crippen LogP contribution in [0, 0.1) is 0 Å². The molecule has 5 heteroatoms. The Kier molecular flexibility index (Phi) is 4.52. The Bertz CT molecular complexity index is 517. The standard InChI is InChI=1S/C14H19N3O2/c1-3-17(9-8-14(18)19-2)10-13-15-11-6-4-5-7-12(11)16-13/h4-7H,3,8-10H2,1-2H3,(H,15,16). The van der Waals surface area contributed by atoms with Crippen LogP contribution in [0.15, 0.2) is 24.3 Å². The monoisotopic (exact) mass is 261 g/mol. The van der Waals surface area contributed by atoms with E-state index in [9.17, 15) is 4.79 Å². The summed E-state index contributed by atoms with van der Waals surface area (Å²) in [5, 5.41) is 0. The highest BCUT2D eigenvalue weighted by atomic mass is 16.5. The Morgan fingerprint density at radius 1 is 1.42 bits per heavy atom. The Balaban J connectivity index is 1.99. The second-order valence-electron chi connectivity index (χ2n) is 4.40. The van der Waals surface area contributed by atoms with Crippen molar-refractivity contribution < 1.29 is 9.53 Å². The van der Waals surface area contributed by atoms with Gasteiger partial charge in [-0.15, -0.1) is 0 Å². The van der Waals surface area contributed by atoms with Gasteiger partial charge in [-0.25, -0.2) is 4.98 Å². The number of methoxy groups -OCH3 is 1. The number of para-hydroxylation sites is 2. The molecule has 0 aliphatic carbocycles. The number of rotatable bonds is 6. The molecule has 0 aliphatic heterocycles. The number of nitrogens with one attached hydrogen (secondary N) is 1. The maximum absolute atomic E-state index is 11.2. The van der Waals surface area contributed by atoms with Crippen molar-refractivity contribution >= 4 is 17.0 Å². The Morgan fingerprint density at radius 2 is 2.21 bits per heavy atom. The molecule has 2 aromatic rings. The lowest BCUT2D eigenvalue weighted by Gasteiger charge is -2.18. The van der Waals surface area contributed by atoms with E-state index < -0.39 is 0 Å². The number of aromatic amines is 1. The van der Waals surface area contributed by atoms with Crippen molar-refractivity contribution in [3.63, 3.8) is 0 Å². The zero-order valence-corrected chi connectivity index (χ0v) is 11.3. The van der Waals surface area contributed by atoms with Gasteiger partial charge in [-0.3, -0.25) is 9.69 Å². The van der Waals surface area contributed by atoms with E-state index in [4.69, 9.17) is 0 Å². The molecular weight excluding hydrogens is 242 g/mol. The van der Waals surface area contributed by atoms with Gasteiger partial charge in [0.15, 0.2) is 0 Å². The molecule has 0 spiro atoms. The Morgan fingerprint density at radius 3 is 2.89 bits per heavy atom. The first-order valence-corrected chi connectivity index (χ1v) is 6.45. The second kappa shape index (κ2) is 6.33. The van der Waals surface area contributed by atoms with E-state index >= 15 is 0 Å². The normalized spacial score (nSPS) is 11.1. The van der Waals surface area contributed by atoms with Crippen molar-refractivity contribution in [3.05, 3.63) is 30.1 Å². The zero-order chi connectivity index (χ0) is 13.7. The molecule has 0 unspecified atom stereocenters. The van der Waals surface area contributed by atoms with Crippen LogP contribution in [0.25, 0.3) is 11.0 Å². The van der Waals surface area contributed by atoms with E-state index in [0.29, 0.717) is 19.5 Å². The number of imidazole rings is 1. The lowest BCUT2D eigenvalue weighted by molar-refractivity contribution is -0.141. The topological polar surface area (TPSA) is 58.2 Å². The molecule has 0 radical (unpaired) electrons. The number of hydrogen-bond donors (Lipinski definition) is 1. The van der Waals surface area contributed by atoms with E-state index in [0.717, 1.165) is 23.4 Å². The fourth-order valence-corrected chi connectivity index (χ4v) is 1.99. The van der Waals surface area contributed by atoms with Crippen LogP contribution in [0.2, 0.25) is 0 Å². The SMILES string of the molecule is CCN(CCC(=O)OC)Cc1nc2ccccc2[nH]1. The van der Waals surface area contributed by atoms with Crippen LogP contribution >= 0.6 is 0 Å². The number of ether oxygens (including phenoxy) is 1. The van der Waals surface area contributed by atoms with Crippen molar-refractivity contribution in [2.24, 2.45) is 0 Å². The fraction of sp³-hybridized carbons (Fsp3) is 0.429. The van der Waals surface area contributed by atoms with E-state index in [1.807, 2.05) is 24.3 Å². The van der Waals surface area contributed by atoms with E-state index in [1.165, 1.54) is 7.11 Å². The van der Waals surface area contributed by atoms with Crippen molar-refractivity contribution in [2.75, 3.05) is 20.2 Å². The van der Waals surface area contributed by atoms with Gasteiger partial charge in [0.1, 0.15) is 5.82 Å². The molecular formula is C14H19N3O2. The summed E-state index contributed by atoms with van der Waals surface area (Å²) < 4.78 is 4.65. The predicted octanol–water partition coefficient (Wildman–Crippen LogP) is 1.95. The summed E-state index contributed by atoms with van der Waals surface area (Å²) >= 11 is 0. The van der Waals surface area contributed by atoms with Crippen LogP contribution in [0.4, 0.5) is 0 Å². The van der Waals surface area contributed by atoms with Crippen LogP contribution in [0.5, 0.6) is 0 Å². The average molecular weight is 261 g/mol. The summed E-state index contributed by atoms with van der Waals surface area (Å²) in [7, 11) is 1.41. The first-order chi connectivity index (χ1) is 9.22. The van der Waals surface area contributed by atoms with Crippen LogP contribution in [-0.2, 0) is 16.1 Å². The molecule has 1 aromatic carbocycles. The van der Waals surface area contributed by atoms with Crippen molar-refractivity contribution in [2.45, 2.75) is 19.9 Å². The van der Waals surface area contributed by atoms with E-state index in [1.54, 1.807) is 0 Å². The van der Waals surface area contributed by atoms with Crippen molar-refractivity contribution in [3.8, 4) is 0 Å². The minimum Gasteiger partial charge on any atom is -0.469 e. The largest absolute Gasteiger partial charge is 0.469 e. The van der Waals surface area contributed by atoms with Crippen molar-refractivity contribution in [1.29, 1.82) is 0 Å². The number of esters is 1. The first-order valence-electron chi connectivity index (χ1n) is 6.45.